The Kier molecular flexibility index (Phi) is 4.26. The highest BCUT2D eigenvalue weighted by Crippen LogP contribution is 2.28. The van der Waals surface area contributed by atoms with E-state index in [1.165, 1.54) is 10.9 Å². The molecule has 1 heterocycles. The molecule has 19 heavy (non-hydrogen) atoms. The predicted molar refractivity (Wildman–Crippen MR) is 68.4 cm³/mol. The van der Waals surface area contributed by atoms with Gasteiger partial charge in [-0.15, -0.1) is 5.10 Å². The van der Waals surface area contributed by atoms with Crippen LogP contribution < -0.4 is 0 Å². The van der Waals surface area contributed by atoms with Crippen LogP contribution in [-0.4, -0.2) is 20.1 Å². The molecule has 0 saturated carbocycles. The van der Waals surface area contributed by atoms with Crippen molar-refractivity contribution in [2.45, 2.75) is 26.0 Å². The van der Waals surface area contributed by atoms with Crippen molar-refractivity contribution in [3.05, 3.63) is 45.7 Å². The molecule has 2 rings (SSSR count). The Morgan fingerprint density at radius 3 is 2.58 bits per heavy atom. The van der Waals surface area contributed by atoms with Crippen LogP contribution in [0.25, 0.3) is 0 Å². The summed E-state index contributed by atoms with van der Waals surface area (Å²) >= 11 is 2.99. The minimum absolute atomic E-state index is 0.266. The molecule has 1 aromatic heterocycles. The number of aliphatic hydroxyl groups excluding tert-OH is 1. The maximum absolute atomic E-state index is 13.8. The van der Waals surface area contributed by atoms with Crippen LogP contribution in [0.5, 0.6) is 0 Å². The Balaban J connectivity index is 2.44. The number of benzene rings is 1. The van der Waals surface area contributed by atoms with Crippen molar-refractivity contribution in [1.82, 2.24) is 15.0 Å². The molecule has 1 atom stereocenters. The zero-order chi connectivity index (χ0) is 14.0. The normalized spacial score (nSPS) is 12.7. The quantitative estimate of drug-likeness (QED) is 0.937. The van der Waals surface area contributed by atoms with Crippen molar-refractivity contribution in [2.75, 3.05) is 0 Å². The van der Waals surface area contributed by atoms with Gasteiger partial charge in [-0.1, -0.05) is 28.1 Å². The molecule has 0 aliphatic heterocycles. The van der Waals surface area contributed by atoms with E-state index >= 15 is 0 Å². The molecule has 1 N–H and O–H groups in total. The number of hydrogen-bond acceptors (Lipinski definition) is 3. The minimum Gasteiger partial charge on any atom is -0.382 e. The summed E-state index contributed by atoms with van der Waals surface area (Å²) in [5.41, 5.74) is -0.134. The molecule has 0 bridgehead atoms. The Hall–Kier alpha value is -1.34. The molecule has 0 radical (unpaired) electrons. The Morgan fingerprint density at radius 2 is 2.00 bits per heavy atom. The monoisotopic (exact) mass is 331 g/mol. The lowest BCUT2D eigenvalue weighted by atomic mass is 10.1. The van der Waals surface area contributed by atoms with E-state index in [1.54, 1.807) is 0 Å². The maximum atomic E-state index is 13.8. The maximum Gasteiger partial charge on any atom is 0.133 e. The minimum atomic E-state index is -1.44. The van der Waals surface area contributed by atoms with Crippen LogP contribution in [0.1, 0.15) is 30.7 Å². The van der Waals surface area contributed by atoms with Gasteiger partial charge in [-0.2, -0.15) is 0 Å². The fraction of sp³-hybridized carbons (Fsp3) is 0.333. The summed E-state index contributed by atoms with van der Waals surface area (Å²) in [7, 11) is 0. The van der Waals surface area contributed by atoms with Gasteiger partial charge in [0.2, 0.25) is 0 Å². The number of aliphatic hydroxyl groups is 1. The average Bonchev–Trinajstić information content (AvgIpc) is 2.76. The molecular formula is C12H12BrF2N3O. The second-order valence-electron chi connectivity index (χ2n) is 4.07. The predicted octanol–water partition coefficient (Wildman–Crippen LogP) is 2.81. The van der Waals surface area contributed by atoms with Crippen molar-refractivity contribution in [3.8, 4) is 0 Å². The van der Waals surface area contributed by atoms with Gasteiger partial charge < -0.3 is 5.11 Å². The van der Waals surface area contributed by atoms with Gasteiger partial charge in [-0.3, -0.25) is 0 Å². The van der Waals surface area contributed by atoms with Gasteiger partial charge in [0, 0.05) is 11.0 Å². The molecule has 4 nitrogen and oxygen atoms in total. The third-order valence-electron chi connectivity index (χ3n) is 2.68. The highest BCUT2D eigenvalue weighted by Gasteiger charge is 2.23. The van der Waals surface area contributed by atoms with Gasteiger partial charge in [0.05, 0.1) is 17.5 Å². The molecule has 2 aromatic rings. The average molecular weight is 332 g/mol. The first kappa shape index (κ1) is 14.1. The van der Waals surface area contributed by atoms with E-state index in [1.807, 2.05) is 6.92 Å². The van der Waals surface area contributed by atoms with Crippen LogP contribution in [0.2, 0.25) is 0 Å². The number of rotatable bonds is 4. The van der Waals surface area contributed by atoms with Crippen LogP contribution in [0.15, 0.2) is 22.8 Å². The van der Waals surface area contributed by atoms with E-state index in [0.717, 1.165) is 18.6 Å². The van der Waals surface area contributed by atoms with Gasteiger partial charge in [-0.25, -0.2) is 13.5 Å². The summed E-state index contributed by atoms with van der Waals surface area (Å²) in [4.78, 5) is 0. The first-order chi connectivity index (χ1) is 9.04. The molecule has 0 aliphatic rings. The lowest BCUT2D eigenvalue weighted by Gasteiger charge is -2.14. The SMILES string of the molecule is CCCn1nncc1C(O)c1c(F)cc(Br)cc1F. The fourth-order valence-electron chi connectivity index (χ4n) is 1.83. The fourth-order valence-corrected chi connectivity index (χ4v) is 2.23. The van der Waals surface area contributed by atoms with E-state index in [0.29, 0.717) is 6.54 Å². The van der Waals surface area contributed by atoms with Crippen molar-refractivity contribution in [2.24, 2.45) is 0 Å². The highest BCUT2D eigenvalue weighted by molar-refractivity contribution is 9.10. The molecule has 0 aliphatic carbocycles. The Morgan fingerprint density at radius 1 is 1.37 bits per heavy atom. The van der Waals surface area contributed by atoms with Gasteiger partial charge in [0.15, 0.2) is 0 Å². The molecule has 0 fully saturated rings. The first-order valence-corrected chi connectivity index (χ1v) is 6.54. The number of halogens is 3. The summed E-state index contributed by atoms with van der Waals surface area (Å²) in [6, 6.07) is 2.21. The second-order valence-corrected chi connectivity index (χ2v) is 4.98. The van der Waals surface area contributed by atoms with E-state index in [4.69, 9.17) is 0 Å². The summed E-state index contributed by atoms with van der Waals surface area (Å²) in [5.74, 6) is -1.63. The topological polar surface area (TPSA) is 50.9 Å². The van der Waals surface area contributed by atoms with Crippen LogP contribution in [0, 0.1) is 11.6 Å². The van der Waals surface area contributed by atoms with E-state index in [-0.39, 0.29) is 10.2 Å². The summed E-state index contributed by atoms with van der Waals surface area (Å²) in [6.07, 6.45) is 0.643. The smallest absolute Gasteiger partial charge is 0.133 e. The van der Waals surface area contributed by atoms with E-state index in [2.05, 4.69) is 26.2 Å². The van der Waals surface area contributed by atoms with Crippen molar-refractivity contribution in [1.29, 1.82) is 0 Å². The molecule has 1 unspecified atom stereocenters. The summed E-state index contributed by atoms with van der Waals surface area (Å²) in [6.45, 7) is 2.45. The van der Waals surface area contributed by atoms with Crippen LogP contribution in [-0.2, 0) is 6.54 Å². The lowest BCUT2D eigenvalue weighted by molar-refractivity contribution is 0.196. The third kappa shape index (κ3) is 2.82. The Labute approximate surface area is 117 Å². The summed E-state index contributed by atoms with van der Waals surface area (Å²) in [5, 5.41) is 17.6. The van der Waals surface area contributed by atoms with Crippen molar-refractivity contribution < 1.29 is 13.9 Å². The van der Waals surface area contributed by atoms with Gasteiger partial charge in [-0.05, 0) is 18.6 Å². The first-order valence-electron chi connectivity index (χ1n) is 5.75. The largest absolute Gasteiger partial charge is 0.382 e. The van der Waals surface area contributed by atoms with Crippen LogP contribution in [0.3, 0.4) is 0 Å². The number of hydrogen-bond donors (Lipinski definition) is 1. The Bertz CT molecular complexity index is 565. The van der Waals surface area contributed by atoms with Crippen molar-refractivity contribution >= 4 is 15.9 Å². The van der Waals surface area contributed by atoms with E-state index in [9.17, 15) is 13.9 Å². The number of nitrogens with zero attached hydrogens (tertiary/aromatic N) is 3. The third-order valence-corrected chi connectivity index (χ3v) is 3.14. The molecule has 102 valence electrons. The number of aromatic nitrogens is 3. The highest BCUT2D eigenvalue weighted by atomic mass is 79.9. The lowest BCUT2D eigenvalue weighted by Crippen LogP contribution is -2.13. The summed E-state index contributed by atoms with van der Waals surface area (Å²) < 4.78 is 29.3. The molecule has 7 heteroatoms. The van der Waals surface area contributed by atoms with Gasteiger partial charge in [0.1, 0.15) is 17.7 Å². The molecule has 0 spiro atoms. The van der Waals surface area contributed by atoms with Gasteiger partial charge >= 0.3 is 0 Å². The van der Waals surface area contributed by atoms with Gasteiger partial charge in [0.25, 0.3) is 0 Å². The zero-order valence-corrected chi connectivity index (χ0v) is 11.7. The molecule has 1 aromatic carbocycles. The molecule has 0 saturated heterocycles. The van der Waals surface area contributed by atoms with Crippen LogP contribution in [0.4, 0.5) is 8.78 Å². The zero-order valence-electron chi connectivity index (χ0n) is 10.1. The molecular weight excluding hydrogens is 320 g/mol. The van der Waals surface area contributed by atoms with Crippen LogP contribution >= 0.6 is 15.9 Å². The van der Waals surface area contributed by atoms with Crippen molar-refractivity contribution in [3.63, 3.8) is 0 Å². The molecule has 0 amide bonds. The second kappa shape index (κ2) is 5.75. The standard InChI is InChI=1S/C12H12BrF2N3O/c1-2-3-18-10(6-16-17-18)12(19)11-8(14)4-7(13)5-9(11)15/h4-6,12,19H,2-3H2,1H3. The number of aryl methyl sites for hydroxylation is 1. The van der Waals surface area contributed by atoms with E-state index < -0.39 is 23.3 Å².